The van der Waals surface area contributed by atoms with Crippen molar-refractivity contribution in [2.45, 2.75) is 39.0 Å². The molecule has 1 atom stereocenters. The molecule has 14 heavy (non-hydrogen) atoms. The van der Waals surface area contributed by atoms with Gasteiger partial charge in [0.2, 0.25) is 0 Å². The van der Waals surface area contributed by atoms with Crippen molar-refractivity contribution < 1.29 is 18.3 Å². The van der Waals surface area contributed by atoms with Crippen LogP contribution >= 0.6 is 0 Å². The molecule has 0 spiro atoms. The highest BCUT2D eigenvalue weighted by atomic mass is 19.4. The van der Waals surface area contributed by atoms with Crippen LogP contribution < -0.4 is 5.32 Å². The summed E-state index contributed by atoms with van der Waals surface area (Å²) >= 11 is 0. The van der Waals surface area contributed by atoms with Gasteiger partial charge in [-0.15, -0.1) is 0 Å². The van der Waals surface area contributed by atoms with E-state index in [0.717, 1.165) is 6.92 Å². The number of halogens is 3. The van der Waals surface area contributed by atoms with Gasteiger partial charge < -0.3 is 10.4 Å². The van der Waals surface area contributed by atoms with Crippen molar-refractivity contribution in [1.82, 2.24) is 5.32 Å². The molecular weight excluding hydrogens is 195 g/mol. The first kappa shape index (κ1) is 13.7. The molecule has 0 radical (unpaired) electrons. The van der Waals surface area contributed by atoms with Crippen LogP contribution in [-0.2, 0) is 0 Å². The minimum absolute atomic E-state index is 0.171. The van der Waals surface area contributed by atoms with E-state index in [1.165, 1.54) is 0 Å². The Balaban J connectivity index is 3.78. The van der Waals surface area contributed by atoms with Crippen LogP contribution in [-0.4, -0.2) is 30.0 Å². The molecular formula is C9H18F3NO. The molecule has 1 unspecified atom stereocenters. The maximum absolute atomic E-state index is 12.1. The molecule has 86 valence electrons. The summed E-state index contributed by atoms with van der Waals surface area (Å²) in [6.45, 7) is 5.56. The highest BCUT2D eigenvalue weighted by molar-refractivity contribution is 4.81. The molecule has 0 bridgehead atoms. The largest absolute Gasteiger partial charge is 0.416 e. The molecule has 0 aliphatic rings. The summed E-state index contributed by atoms with van der Waals surface area (Å²) in [5, 5.41) is 11.9. The van der Waals surface area contributed by atoms with Gasteiger partial charge in [0, 0.05) is 0 Å². The first-order valence-corrected chi connectivity index (χ1v) is 4.66. The van der Waals surface area contributed by atoms with Crippen molar-refractivity contribution in [3.63, 3.8) is 0 Å². The molecule has 0 aromatic carbocycles. The Bertz CT molecular complexity index is 166. The molecule has 0 aliphatic carbocycles. The highest BCUT2D eigenvalue weighted by Crippen LogP contribution is 2.32. The monoisotopic (exact) mass is 213 g/mol. The van der Waals surface area contributed by atoms with Crippen LogP contribution in [0.1, 0.15) is 27.2 Å². The first-order chi connectivity index (χ1) is 6.17. The lowest BCUT2D eigenvalue weighted by Gasteiger charge is -2.26. The van der Waals surface area contributed by atoms with Gasteiger partial charge >= 0.3 is 6.18 Å². The lowest BCUT2D eigenvalue weighted by Crippen LogP contribution is -2.44. The van der Waals surface area contributed by atoms with E-state index in [9.17, 15) is 13.2 Å². The fraction of sp³-hybridized carbons (Fsp3) is 1.00. The Morgan fingerprint density at radius 2 is 1.79 bits per heavy atom. The number of aliphatic hydroxyl groups is 1. The third kappa shape index (κ3) is 4.81. The molecule has 0 rings (SSSR count). The molecule has 0 fully saturated rings. The predicted molar refractivity (Wildman–Crippen MR) is 49.0 cm³/mol. The molecule has 0 aliphatic heterocycles. The van der Waals surface area contributed by atoms with Gasteiger partial charge in [0.1, 0.15) is 0 Å². The van der Waals surface area contributed by atoms with E-state index in [2.05, 4.69) is 5.32 Å². The minimum Gasteiger partial charge on any atom is -0.381 e. The zero-order chi connectivity index (χ0) is 11.4. The van der Waals surface area contributed by atoms with E-state index in [0.29, 0.717) is 12.5 Å². The SMILES string of the molecule is CC(C)CNCCC(C)(O)C(F)(F)F. The van der Waals surface area contributed by atoms with Gasteiger partial charge in [0.25, 0.3) is 0 Å². The van der Waals surface area contributed by atoms with Crippen molar-refractivity contribution in [2.24, 2.45) is 5.92 Å². The quantitative estimate of drug-likeness (QED) is 0.684. The summed E-state index contributed by atoms with van der Waals surface area (Å²) in [6, 6.07) is 0. The Hall–Kier alpha value is -0.290. The molecule has 0 heterocycles. The summed E-state index contributed by atoms with van der Waals surface area (Å²) in [6.07, 6.45) is -4.87. The van der Waals surface area contributed by atoms with Gasteiger partial charge in [-0.25, -0.2) is 0 Å². The Labute approximate surface area is 82.5 Å². The summed E-state index contributed by atoms with van der Waals surface area (Å²) in [5.41, 5.74) is -2.59. The minimum atomic E-state index is -4.55. The van der Waals surface area contributed by atoms with Crippen LogP contribution in [0.4, 0.5) is 13.2 Å². The first-order valence-electron chi connectivity index (χ1n) is 4.66. The van der Waals surface area contributed by atoms with Gasteiger partial charge in [-0.1, -0.05) is 13.8 Å². The van der Waals surface area contributed by atoms with E-state index in [-0.39, 0.29) is 13.0 Å². The molecule has 5 heteroatoms. The molecule has 0 aromatic heterocycles. The zero-order valence-electron chi connectivity index (χ0n) is 8.78. The van der Waals surface area contributed by atoms with E-state index in [1.54, 1.807) is 0 Å². The molecule has 2 nitrogen and oxygen atoms in total. The number of hydrogen-bond donors (Lipinski definition) is 2. The average molecular weight is 213 g/mol. The third-order valence-corrected chi connectivity index (χ3v) is 1.95. The maximum atomic E-state index is 12.1. The molecule has 0 saturated carbocycles. The average Bonchev–Trinajstić information content (AvgIpc) is 1.95. The fourth-order valence-corrected chi connectivity index (χ4v) is 0.864. The van der Waals surface area contributed by atoms with Crippen molar-refractivity contribution in [1.29, 1.82) is 0 Å². The number of rotatable bonds is 5. The Morgan fingerprint density at radius 1 is 1.29 bits per heavy atom. The molecule has 0 aromatic rings. The van der Waals surface area contributed by atoms with Gasteiger partial charge in [-0.3, -0.25) is 0 Å². The number of alkyl halides is 3. The normalized spacial score (nSPS) is 17.1. The number of nitrogens with one attached hydrogen (secondary N) is 1. The lowest BCUT2D eigenvalue weighted by molar-refractivity contribution is -0.254. The second-order valence-electron chi connectivity index (χ2n) is 4.12. The van der Waals surface area contributed by atoms with Crippen molar-refractivity contribution in [3.8, 4) is 0 Å². The van der Waals surface area contributed by atoms with Crippen LogP contribution in [0.25, 0.3) is 0 Å². The van der Waals surface area contributed by atoms with Crippen LogP contribution in [0.5, 0.6) is 0 Å². The van der Waals surface area contributed by atoms with Gasteiger partial charge in [0.15, 0.2) is 5.60 Å². The van der Waals surface area contributed by atoms with Crippen LogP contribution in [0.3, 0.4) is 0 Å². The highest BCUT2D eigenvalue weighted by Gasteiger charge is 2.49. The zero-order valence-corrected chi connectivity index (χ0v) is 8.78. The van der Waals surface area contributed by atoms with E-state index in [4.69, 9.17) is 5.11 Å². The van der Waals surface area contributed by atoms with Gasteiger partial charge in [-0.2, -0.15) is 13.2 Å². The van der Waals surface area contributed by atoms with Crippen molar-refractivity contribution >= 4 is 0 Å². The van der Waals surface area contributed by atoms with E-state index < -0.39 is 11.8 Å². The summed E-state index contributed by atoms with van der Waals surface area (Å²) in [5.74, 6) is 0.394. The Kier molecular flexibility index (Phi) is 4.88. The smallest absolute Gasteiger partial charge is 0.381 e. The van der Waals surface area contributed by atoms with Gasteiger partial charge in [0.05, 0.1) is 0 Å². The molecule has 0 saturated heterocycles. The summed E-state index contributed by atoms with van der Waals surface area (Å²) in [7, 11) is 0. The molecule has 2 N–H and O–H groups in total. The van der Waals surface area contributed by atoms with E-state index >= 15 is 0 Å². The summed E-state index contributed by atoms with van der Waals surface area (Å²) in [4.78, 5) is 0. The van der Waals surface area contributed by atoms with Crippen LogP contribution in [0.15, 0.2) is 0 Å². The lowest BCUT2D eigenvalue weighted by atomic mass is 10.0. The van der Waals surface area contributed by atoms with Crippen molar-refractivity contribution in [3.05, 3.63) is 0 Å². The van der Waals surface area contributed by atoms with Gasteiger partial charge in [-0.05, 0) is 32.4 Å². The predicted octanol–water partition coefficient (Wildman–Crippen LogP) is 1.94. The van der Waals surface area contributed by atoms with Crippen molar-refractivity contribution in [2.75, 3.05) is 13.1 Å². The molecule has 0 amide bonds. The summed E-state index contributed by atoms with van der Waals surface area (Å²) < 4.78 is 36.4. The number of hydrogen-bond acceptors (Lipinski definition) is 2. The topological polar surface area (TPSA) is 32.3 Å². The standard InChI is InChI=1S/C9H18F3NO/c1-7(2)6-13-5-4-8(3,14)9(10,11)12/h7,13-14H,4-6H2,1-3H3. The second-order valence-corrected chi connectivity index (χ2v) is 4.12. The van der Waals surface area contributed by atoms with Crippen LogP contribution in [0.2, 0.25) is 0 Å². The second kappa shape index (κ2) is 4.98. The van der Waals surface area contributed by atoms with Crippen LogP contribution in [0, 0.1) is 5.92 Å². The van der Waals surface area contributed by atoms with E-state index in [1.807, 2.05) is 13.8 Å². The Morgan fingerprint density at radius 3 is 2.14 bits per heavy atom. The third-order valence-electron chi connectivity index (χ3n) is 1.95. The maximum Gasteiger partial charge on any atom is 0.416 e. The fourth-order valence-electron chi connectivity index (χ4n) is 0.864.